The Morgan fingerprint density at radius 3 is 2.45 bits per heavy atom. The molecular weight excluding hydrogens is 434 g/mol. The second kappa shape index (κ2) is 10.8. The second-order valence-corrected chi connectivity index (χ2v) is 9.65. The minimum absolute atomic E-state index is 0.145. The van der Waals surface area contributed by atoms with Gasteiger partial charge in [-0.25, -0.2) is 9.59 Å². The summed E-state index contributed by atoms with van der Waals surface area (Å²) in [4.78, 5) is 64.7. The Morgan fingerprint density at radius 1 is 1.21 bits per heavy atom. The summed E-state index contributed by atoms with van der Waals surface area (Å²) in [6, 6.07) is -3.31. The first-order valence-corrected chi connectivity index (χ1v) is 11.1. The lowest BCUT2D eigenvalue weighted by atomic mass is 10.1. The Morgan fingerprint density at radius 2 is 1.88 bits per heavy atom. The molecule has 0 aliphatic carbocycles. The smallest absolute Gasteiger partial charge is 0.408 e. The highest BCUT2D eigenvalue weighted by atomic mass is 16.6. The number of nitrogens with zero attached hydrogens (tertiary/aromatic N) is 2. The molecule has 186 valence electrons. The van der Waals surface area contributed by atoms with E-state index in [1.54, 1.807) is 20.8 Å². The highest BCUT2D eigenvalue weighted by Crippen LogP contribution is 2.29. The fourth-order valence-corrected chi connectivity index (χ4v) is 4.16. The summed E-state index contributed by atoms with van der Waals surface area (Å²) in [5.74, 6) is -2.98. The number of amides is 4. The van der Waals surface area contributed by atoms with Crippen LogP contribution in [0.5, 0.6) is 0 Å². The summed E-state index contributed by atoms with van der Waals surface area (Å²) < 4.78 is 5.29. The Balaban J connectivity index is 2.18. The zero-order valence-electron chi connectivity index (χ0n) is 19.6. The Labute approximate surface area is 193 Å². The number of aliphatic carboxylic acids is 1. The zero-order valence-corrected chi connectivity index (χ0v) is 19.6. The molecule has 0 radical (unpaired) electrons. The molecule has 2 aliphatic rings. The van der Waals surface area contributed by atoms with Gasteiger partial charge in [-0.3, -0.25) is 14.4 Å². The summed E-state index contributed by atoms with van der Waals surface area (Å²) in [6.07, 6.45) is 0.525. The third-order valence-electron chi connectivity index (χ3n) is 5.68. The van der Waals surface area contributed by atoms with E-state index in [0.717, 1.165) is 0 Å². The van der Waals surface area contributed by atoms with Crippen LogP contribution in [0.25, 0.3) is 0 Å². The number of nitrogens with two attached hydrogens (primary N) is 1. The van der Waals surface area contributed by atoms with E-state index in [2.05, 4.69) is 10.6 Å². The molecule has 0 aromatic carbocycles. The van der Waals surface area contributed by atoms with Crippen LogP contribution in [0, 0.1) is 0 Å². The standard InChI is InChI=1S/C21H35N5O7/c1-21(2,3)33-20(32)24-14-11-25(4)10-9-12-5-7-15(26(12)18(14)29)17(28)23-13(19(30)31)6-8-16(22)27/h12-15H,5-11H2,1-4H3,(H2,22,27)(H,23,28)(H,24,32)(H,30,31)/t12-,13+,14+,15+/m1/s1. The van der Waals surface area contributed by atoms with E-state index in [-0.39, 0.29) is 25.4 Å². The van der Waals surface area contributed by atoms with Gasteiger partial charge in [-0.1, -0.05) is 0 Å². The Hall–Kier alpha value is -2.89. The van der Waals surface area contributed by atoms with Gasteiger partial charge in [-0.05, 0) is 60.0 Å². The van der Waals surface area contributed by atoms with Gasteiger partial charge >= 0.3 is 12.1 Å². The highest BCUT2D eigenvalue weighted by molar-refractivity contribution is 5.94. The van der Waals surface area contributed by atoms with Crippen molar-refractivity contribution in [2.45, 2.75) is 82.6 Å². The normalized spacial score (nSPS) is 24.8. The van der Waals surface area contributed by atoms with Crippen molar-refractivity contribution in [1.82, 2.24) is 20.4 Å². The number of carboxylic acid groups (broad SMARTS) is 1. The number of hydrogen-bond donors (Lipinski definition) is 4. The molecule has 4 amide bonds. The number of nitrogens with one attached hydrogen (secondary N) is 2. The van der Waals surface area contributed by atoms with Crippen molar-refractivity contribution < 1.29 is 33.8 Å². The first kappa shape index (κ1) is 26.4. The summed E-state index contributed by atoms with van der Waals surface area (Å²) in [7, 11) is 1.85. The van der Waals surface area contributed by atoms with Crippen molar-refractivity contribution in [2.24, 2.45) is 5.73 Å². The van der Waals surface area contributed by atoms with Gasteiger partial charge in [0, 0.05) is 19.0 Å². The molecule has 0 spiro atoms. The zero-order chi connectivity index (χ0) is 24.9. The number of carbonyl (C=O) groups excluding carboxylic acids is 4. The van der Waals surface area contributed by atoms with Crippen LogP contribution in [0.15, 0.2) is 0 Å². The molecule has 0 aromatic rings. The Bertz CT molecular complexity index is 781. The van der Waals surface area contributed by atoms with Crippen LogP contribution in [0.3, 0.4) is 0 Å². The molecule has 2 fully saturated rings. The van der Waals surface area contributed by atoms with Crippen LogP contribution < -0.4 is 16.4 Å². The maximum absolute atomic E-state index is 13.4. The number of likely N-dealkylation sites (N-methyl/N-ethyl adjacent to an activating group) is 1. The number of ether oxygens (including phenoxy) is 1. The predicted octanol–water partition coefficient (Wildman–Crippen LogP) is -0.590. The monoisotopic (exact) mass is 469 g/mol. The van der Waals surface area contributed by atoms with Crippen LogP contribution in [-0.4, -0.2) is 94.6 Å². The van der Waals surface area contributed by atoms with Gasteiger partial charge in [-0.2, -0.15) is 0 Å². The van der Waals surface area contributed by atoms with Crippen LogP contribution in [0.1, 0.15) is 52.9 Å². The maximum atomic E-state index is 13.4. The lowest BCUT2D eigenvalue weighted by Gasteiger charge is -2.38. The summed E-state index contributed by atoms with van der Waals surface area (Å²) in [6.45, 7) is 6.05. The number of alkyl carbamates (subject to hydrolysis) is 1. The van der Waals surface area contributed by atoms with E-state index in [0.29, 0.717) is 25.8 Å². The first-order chi connectivity index (χ1) is 15.3. The van der Waals surface area contributed by atoms with Crippen LogP contribution in [-0.2, 0) is 23.9 Å². The summed E-state index contributed by atoms with van der Waals surface area (Å²) >= 11 is 0. The molecule has 2 aliphatic heterocycles. The van der Waals surface area contributed by atoms with Crippen molar-refractivity contribution in [1.29, 1.82) is 0 Å². The molecule has 4 atom stereocenters. The van der Waals surface area contributed by atoms with E-state index in [1.165, 1.54) is 4.90 Å². The van der Waals surface area contributed by atoms with Crippen molar-refractivity contribution in [3.05, 3.63) is 0 Å². The van der Waals surface area contributed by atoms with Crippen LogP contribution in [0.4, 0.5) is 4.79 Å². The lowest BCUT2D eigenvalue weighted by Crippen LogP contribution is -2.61. The largest absolute Gasteiger partial charge is 0.480 e. The molecule has 2 heterocycles. The summed E-state index contributed by atoms with van der Waals surface area (Å²) in [5, 5.41) is 14.4. The van der Waals surface area contributed by atoms with Crippen LogP contribution >= 0.6 is 0 Å². The van der Waals surface area contributed by atoms with Crippen molar-refractivity contribution in [3.63, 3.8) is 0 Å². The minimum atomic E-state index is -1.30. The predicted molar refractivity (Wildman–Crippen MR) is 117 cm³/mol. The molecule has 0 aromatic heterocycles. The molecule has 0 saturated carbocycles. The average molecular weight is 470 g/mol. The number of primary amides is 1. The number of carbonyl (C=O) groups is 5. The van der Waals surface area contributed by atoms with E-state index < -0.39 is 53.5 Å². The van der Waals surface area contributed by atoms with E-state index in [4.69, 9.17) is 10.5 Å². The number of hydrogen-bond acceptors (Lipinski definition) is 7. The topological polar surface area (TPSA) is 171 Å². The molecule has 33 heavy (non-hydrogen) atoms. The molecule has 2 rings (SSSR count). The fourth-order valence-electron chi connectivity index (χ4n) is 4.16. The molecule has 2 saturated heterocycles. The average Bonchev–Trinajstić information content (AvgIpc) is 3.09. The fraction of sp³-hybridized carbons (Fsp3) is 0.762. The minimum Gasteiger partial charge on any atom is -0.480 e. The highest BCUT2D eigenvalue weighted by Gasteiger charge is 2.45. The van der Waals surface area contributed by atoms with Gasteiger partial charge in [0.05, 0.1) is 0 Å². The molecule has 0 unspecified atom stereocenters. The van der Waals surface area contributed by atoms with Gasteiger partial charge in [0.15, 0.2) is 0 Å². The maximum Gasteiger partial charge on any atom is 0.408 e. The number of carboxylic acids is 1. The van der Waals surface area contributed by atoms with Gasteiger partial charge in [0.2, 0.25) is 17.7 Å². The number of rotatable bonds is 7. The molecule has 5 N–H and O–H groups in total. The van der Waals surface area contributed by atoms with Crippen LogP contribution in [0.2, 0.25) is 0 Å². The molecule has 12 heteroatoms. The molecule has 12 nitrogen and oxygen atoms in total. The SMILES string of the molecule is CN1CC[C@H]2CC[C@@H](C(=O)N[C@@H](CCC(N)=O)C(=O)O)N2C(=O)[C@@H](NC(=O)OC(C)(C)C)C1. The van der Waals surface area contributed by atoms with E-state index in [1.807, 2.05) is 11.9 Å². The third-order valence-corrected chi connectivity index (χ3v) is 5.68. The van der Waals surface area contributed by atoms with E-state index in [9.17, 15) is 29.1 Å². The summed E-state index contributed by atoms with van der Waals surface area (Å²) in [5.41, 5.74) is 4.35. The van der Waals surface area contributed by atoms with E-state index >= 15 is 0 Å². The second-order valence-electron chi connectivity index (χ2n) is 9.65. The Kier molecular flexibility index (Phi) is 8.64. The first-order valence-electron chi connectivity index (χ1n) is 11.1. The third kappa shape index (κ3) is 7.58. The lowest BCUT2D eigenvalue weighted by molar-refractivity contribution is -0.146. The van der Waals surface area contributed by atoms with Gasteiger partial charge in [0.1, 0.15) is 23.7 Å². The molecular formula is C21H35N5O7. The quantitative estimate of drug-likeness (QED) is 0.383. The molecule has 0 bridgehead atoms. The van der Waals surface area contributed by atoms with Crippen molar-refractivity contribution >= 4 is 29.8 Å². The van der Waals surface area contributed by atoms with Gasteiger partial charge in [-0.15, -0.1) is 0 Å². The van der Waals surface area contributed by atoms with Crippen molar-refractivity contribution in [3.8, 4) is 0 Å². The van der Waals surface area contributed by atoms with Gasteiger partial charge < -0.3 is 36.0 Å². The number of fused-ring (bicyclic) bond motifs is 1. The van der Waals surface area contributed by atoms with Crippen molar-refractivity contribution in [2.75, 3.05) is 20.1 Å². The van der Waals surface area contributed by atoms with Gasteiger partial charge in [0.25, 0.3) is 0 Å².